The molecular formula is C14H24O2. The number of fused-ring (bicyclic) bond motifs is 2. The second-order valence-corrected chi connectivity index (χ2v) is 6.50. The summed E-state index contributed by atoms with van der Waals surface area (Å²) < 4.78 is 0. The Hall–Kier alpha value is -0.0800. The Bertz CT molecular complexity index is 257. The van der Waals surface area contributed by atoms with Crippen LogP contribution in [0.4, 0.5) is 0 Å². The van der Waals surface area contributed by atoms with E-state index in [2.05, 4.69) is 0 Å². The van der Waals surface area contributed by atoms with E-state index in [0.29, 0.717) is 5.92 Å². The maximum Gasteiger partial charge on any atom is 0.0905 e. The predicted octanol–water partition coefficient (Wildman–Crippen LogP) is 2.48. The summed E-state index contributed by atoms with van der Waals surface area (Å²) in [7, 11) is 0. The molecule has 92 valence electrons. The van der Waals surface area contributed by atoms with Crippen LogP contribution in [0.3, 0.4) is 0 Å². The van der Waals surface area contributed by atoms with Crippen LogP contribution in [0.2, 0.25) is 0 Å². The lowest BCUT2D eigenvalue weighted by molar-refractivity contribution is -0.0816. The second-order valence-electron chi connectivity index (χ2n) is 6.50. The Labute approximate surface area is 98.1 Å². The molecule has 3 aliphatic rings. The molecule has 0 spiro atoms. The minimum absolute atomic E-state index is 0.459. The van der Waals surface area contributed by atoms with Crippen LogP contribution in [-0.4, -0.2) is 21.9 Å². The zero-order valence-corrected chi connectivity index (χ0v) is 10.1. The zero-order valence-electron chi connectivity index (χ0n) is 10.1. The van der Waals surface area contributed by atoms with Gasteiger partial charge in [-0.2, -0.15) is 0 Å². The van der Waals surface area contributed by atoms with Gasteiger partial charge in [-0.3, -0.25) is 0 Å². The first-order valence-corrected chi connectivity index (χ1v) is 7.08. The smallest absolute Gasteiger partial charge is 0.0905 e. The highest BCUT2D eigenvalue weighted by atomic mass is 16.3. The van der Waals surface area contributed by atoms with Gasteiger partial charge in [-0.25, -0.2) is 0 Å². The Kier molecular flexibility index (Phi) is 2.75. The predicted molar refractivity (Wildman–Crippen MR) is 63.0 cm³/mol. The molecule has 0 heterocycles. The summed E-state index contributed by atoms with van der Waals surface area (Å²) in [4.78, 5) is 0. The standard InChI is InChI=1S/C14H24O2/c15-13(14(16)5-1-2-6-14)9-12-8-10-3-4-11(12)7-10/h10-13,15-16H,1-9H2. The number of hydrogen-bond acceptors (Lipinski definition) is 2. The van der Waals surface area contributed by atoms with Gasteiger partial charge in [-0.1, -0.05) is 19.3 Å². The highest BCUT2D eigenvalue weighted by molar-refractivity contribution is 4.96. The molecule has 0 aromatic rings. The molecule has 4 atom stereocenters. The maximum atomic E-state index is 10.3. The average molecular weight is 224 g/mol. The number of aliphatic hydroxyl groups is 2. The molecule has 0 aliphatic heterocycles. The zero-order chi connectivity index (χ0) is 11.2. The van der Waals surface area contributed by atoms with Gasteiger partial charge >= 0.3 is 0 Å². The normalized spacial score (nSPS) is 42.8. The molecule has 16 heavy (non-hydrogen) atoms. The largest absolute Gasteiger partial charge is 0.390 e. The summed E-state index contributed by atoms with van der Waals surface area (Å²) in [5.74, 6) is 2.52. The molecule has 2 nitrogen and oxygen atoms in total. The van der Waals surface area contributed by atoms with Crippen molar-refractivity contribution in [3.8, 4) is 0 Å². The van der Waals surface area contributed by atoms with E-state index in [0.717, 1.165) is 43.9 Å². The fourth-order valence-corrected chi connectivity index (χ4v) is 4.49. The first-order valence-electron chi connectivity index (χ1n) is 7.08. The van der Waals surface area contributed by atoms with Crippen molar-refractivity contribution in [3.63, 3.8) is 0 Å². The van der Waals surface area contributed by atoms with Gasteiger partial charge in [0, 0.05) is 0 Å². The molecular weight excluding hydrogens is 200 g/mol. The van der Waals surface area contributed by atoms with Crippen LogP contribution in [0.5, 0.6) is 0 Å². The summed E-state index contributed by atoms with van der Waals surface area (Å²) in [6, 6.07) is 0. The maximum absolute atomic E-state index is 10.3. The minimum Gasteiger partial charge on any atom is -0.390 e. The van der Waals surface area contributed by atoms with Crippen molar-refractivity contribution in [2.75, 3.05) is 0 Å². The fraction of sp³-hybridized carbons (Fsp3) is 1.00. The van der Waals surface area contributed by atoms with E-state index in [-0.39, 0.29) is 0 Å². The number of rotatable bonds is 3. The average Bonchev–Trinajstić information content (AvgIpc) is 2.93. The molecule has 3 rings (SSSR count). The summed E-state index contributed by atoms with van der Waals surface area (Å²) in [6.07, 6.45) is 9.71. The molecule has 3 aliphatic carbocycles. The van der Waals surface area contributed by atoms with Crippen molar-refractivity contribution in [2.45, 2.75) is 69.5 Å². The SMILES string of the molecule is OC(CC1CC2CCC1C2)C1(O)CCCC1. The molecule has 3 saturated carbocycles. The molecule has 0 radical (unpaired) electrons. The molecule has 4 unspecified atom stereocenters. The van der Waals surface area contributed by atoms with Gasteiger partial charge in [-0.15, -0.1) is 0 Å². The van der Waals surface area contributed by atoms with Crippen LogP contribution in [0, 0.1) is 17.8 Å². The van der Waals surface area contributed by atoms with Gasteiger partial charge in [0.05, 0.1) is 11.7 Å². The second kappa shape index (κ2) is 3.99. The molecule has 3 fully saturated rings. The van der Waals surface area contributed by atoms with E-state index in [9.17, 15) is 10.2 Å². The summed E-state index contributed by atoms with van der Waals surface area (Å²) in [6.45, 7) is 0. The fourth-order valence-electron chi connectivity index (χ4n) is 4.49. The van der Waals surface area contributed by atoms with E-state index in [1.165, 1.54) is 25.7 Å². The molecule has 0 aromatic carbocycles. The first-order chi connectivity index (χ1) is 7.67. The van der Waals surface area contributed by atoms with E-state index in [4.69, 9.17) is 0 Å². The van der Waals surface area contributed by atoms with Crippen LogP contribution < -0.4 is 0 Å². The van der Waals surface area contributed by atoms with Crippen molar-refractivity contribution in [3.05, 3.63) is 0 Å². The highest BCUT2D eigenvalue weighted by Gasteiger charge is 2.44. The van der Waals surface area contributed by atoms with Gasteiger partial charge in [0.2, 0.25) is 0 Å². The Balaban J connectivity index is 1.58. The van der Waals surface area contributed by atoms with Crippen LogP contribution in [0.25, 0.3) is 0 Å². The van der Waals surface area contributed by atoms with Gasteiger partial charge < -0.3 is 10.2 Å². The van der Waals surface area contributed by atoms with Crippen molar-refractivity contribution in [1.82, 2.24) is 0 Å². The number of aliphatic hydroxyl groups excluding tert-OH is 1. The van der Waals surface area contributed by atoms with Crippen LogP contribution in [-0.2, 0) is 0 Å². The minimum atomic E-state index is -0.734. The van der Waals surface area contributed by atoms with Gasteiger partial charge in [-0.05, 0) is 56.3 Å². The lowest BCUT2D eigenvalue weighted by atomic mass is 9.80. The van der Waals surface area contributed by atoms with Crippen LogP contribution in [0.1, 0.15) is 57.8 Å². The quantitative estimate of drug-likeness (QED) is 0.773. The Morgan fingerprint density at radius 2 is 1.88 bits per heavy atom. The Morgan fingerprint density at radius 1 is 1.12 bits per heavy atom. The third-order valence-corrected chi connectivity index (χ3v) is 5.50. The molecule has 2 bridgehead atoms. The Morgan fingerprint density at radius 3 is 2.44 bits per heavy atom. The summed E-state index contributed by atoms with van der Waals surface area (Å²) >= 11 is 0. The molecule has 0 aromatic heterocycles. The van der Waals surface area contributed by atoms with Crippen molar-refractivity contribution >= 4 is 0 Å². The van der Waals surface area contributed by atoms with Crippen LogP contribution >= 0.6 is 0 Å². The van der Waals surface area contributed by atoms with Gasteiger partial charge in [0.1, 0.15) is 0 Å². The monoisotopic (exact) mass is 224 g/mol. The van der Waals surface area contributed by atoms with Crippen molar-refractivity contribution < 1.29 is 10.2 Å². The summed E-state index contributed by atoms with van der Waals surface area (Å²) in [5, 5.41) is 20.6. The van der Waals surface area contributed by atoms with E-state index in [1.54, 1.807) is 0 Å². The third kappa shape index (κ3) is 1.80. The first kappa shape index (κ1) is 11.0. The third-order valence-electron chi connectivity index (χ3n) is 5.50. The van der Waals surface area contributed by atoms with E-state index >= 15 is 0 Å². The number of hydrogen-bond donors (Lipinski definition) is 2. The molecule has 2 heteroatoms. The van der Waals surface area contributed by atoms with E-state index < -0.39 is 11.7 Å². The van der Waals surface area contributed by atoms with Crippen molar-refractivity contribution in [1.29, 1.82) is 0 Å². The lowest BCUT2D eigenvalue weighted by Gasteiger charge is -2.32. The topological polar surface area (TPSA) is 40.5 Å². The highest BCUT2D eigenvalue weighted by Crippen LogP contribution is 2.50. The van der Waals surface area contributed by atoms with Crippen molar-refractivity contribution in [2.24, 2.45) is 17.8 Å². The lowest BCUT2D eigenvalue weighted by Crippen LogP contribution is -2.41. The summed E-state index contributed by atoms with van der Waals surface area (Å²) in [5.41, 5.74) is -0.734. The van der Waals surface area contributed by atoms with Gasteiger partial charge in [0.25, 0.3) is 0 Å². The van der Waals surface area contributed by atoms with Gasteiger partial charge in [0.15, 0.2) is 0 Å². The van der Waals surface area contributed by atoms with Crippen LogP contribution in [0.15, 0.2) is 0 Å². The van der Waals surface area contributed by atoms with E-state index in [1.807, 2.05) is 0 Å². The molecule has 0 amide bonds. The molecule has 0 saturated heterocycles. The molecule has 2 N–H and O–H groups in total.